The first-order chi connectivity index (χ1) is 5.52. The van der Waals surface area contributed by atoms with Crippen LogP contribution in [-0.4, -0.2) is 5.78 Å². The molecular weight excluding hydrogens is 223 g/mol. The highest BCUT2D eigenvalue weighted by Gasteiger charge is 2.10. The molecule has 0 spiro atoms. The van der Waals surface area contributed by atoms with Crippen molar-refractivity contribution in [3.63, 3.8) is 0 Å². The Balaban J connectivity index is 3.37. The van der Waals surface area contributed by atoms with E-state index >= 15 is 0 Å². The van der Waals surface area contributed by atoms with Gasteiger partial charge in [-0.05, 0) is 31.5 Å². The van der Waals surface area contributed by atoms with Crippen molar-refractivity contribution in [1.82, 2.24) is 0 Å². The number of halogens is 2. The van der Waals surface area contributed by atoms with Crippen LogP contribution >= 0.6 is 15.9 Å². The summed E-state index contributed by atoms with van der Waals surface area (Å²) < 4.78 is 13.9. The highest BCUT2D eigenvalue weighted by atomic mass is 79.9. The molecule has 0 radical (unpaired) electrons. The van der Waals surface area contributed by atoms with Crippen LogP contribution in [0.5, 0.6) is 0 Å². The molecule has 0 aliphatic carbocycles. The summed E-state index contributed by atoms with van der Waals surface area (Å²) in [5.74, 6) is -0.678. The summed E-state index contributed by atoms with van der Waals surface area (Å²) >= 11 is 3.20. The van der Waals surface area contributed by atoms with Crippen LogP contribution in [0.1, 0.15) is 22.8 Å². The summed E-state index contributed by atoms with van der Waals surface area (Å²) in [6.07, 6.45) is 0. The lowest BCUT2D eigenvalue weighted by Crippen LogP contribution is -1.99. The summed E-state index contributed by atoms with van der Waals surface area (Å²) in [6.45, 7) is 2.98. The van der Waals surface area contributed by atoms with E-state index in [1.54, 1.807) is 13.0 Å². The van der Waals surface area contributed by atoms with Crippen molar-refractivity contribution in [3.8, 4) is 0 Å². The summed E-state index contributed by atoms with van der Waals surface area (Å²) in [6, 6.07) is 3.13. The van der Waals surface area contributed by atoms with Gasteiger partial charge < -0.3 is 0 Å². The molecule has 1 aromatic carbocycles. The molecule has 0 aliphatic rings. The van der Waals surface area contributed by atoms with E-state index in [1.807, 2.05) is 0 Å². The molecule has 0 atom stereocenters. The third-order valence-corrected chi connectivity index (χ3v) is 2.06. The Morgan fingerprint density at radius 2 is 2.08 bits per heavy atom. The van der Waals surface area contributed by atoms with E-state index < -0.39 is 5.82 Å². The van der Waals surface area contributed by atoms with E-state index in [4.69, 9.17) is 0 Å². The SMILES string of the molecule is CC(=O)c1cc(Br)cc(C)c1F. The largest absolute Gasteiger partial charge is 0.294 e. The van der Waals surface area contributed by atoms with Crippen molar-refractivity contribution < 1.29 is 9.18 Å². The molecule has 0 saturated heterocycles. The normalized spacial score (nSPS) is 10.0. The Hall–Kier alpha value is -0.700. The smallest absolute Gasteiger partial charge is 0.162 e. The fourth-order valence-corrected chi connectivity index (χ4v) is 1.55. The molecule has 0 unspecified atom stereocenters. The van der Waals surface area contributed by atoms with Crippen LogP contribution in [0, 0.1) is 12.7 Å². The maximum absolute atomic E-state index is 13.2. The van der Waals surface area contributed by atoms with E-state index in [0.717, 1.165) is 4.47 Å². The standard InChI is InChI=1S/C9H8BrFO/c1-5-3-7(10)4-8(6(2)12)9(5)11/h3-4H,1-2H3. The van der Waals surface area contributed by atoms with Crippen LogP contribution in [0.15, 0.2) is 16.6 Å². The zero-order valence-corrected chi connectivity index (χ0v) is 8.40. The number of carbonyl (C=O) groups excluding carboxylic acids is 1. The Labute approximate surface area is 78.7 Å². The van der Waals surface area contributed by atoms with E-state index in [0.29, 0.717) is 5.56 Å². The predicted octanol–water partition coefficient (Wildman–Crippen LogP) is 3.10. The van der Waals surface area contributed by atoms with Crippen LogP contribution < -0.4 is 0 Å². The molecule has 0 aromatic heterocycles. The number of aryl methyl sites for hydroxylation is 1. The first-order valence-corrected chi connectivity index (χ1v) is 4.28. The van der Waals surface area contributed by atoms with Crippen molar-refractivity contribution in [2.45, 2.75) is 13.8 Å². The second-order valence-electron chi connectivity index (χ2n) is 2.64. The molecule has 12 heavy (non-hydrogen) atoms. The fourth-order valence-electron chi connectivity index (χ4n) is 0.982. The average molecular weight is 231 g/mol. The fraction of sp³-hybridized carbons (Fsp3) is 0.222. The van der Waals surface area contributed by atoms with Crippen molar-refractivity contribution in [1.29, 1.82) is 0 Å². The Kier molecular flexibility index (Phi) is 2.62. The molecule has 64 valence electrons. The van der Waals surface area contributed by atoms with Gasteiger partial charge >= 0.3 is 0 Å². The molecule has 3 heteroatoms. The monoisotopic (exact) mass is 230 g/mol. The second kappa shape index (κ2) is 3.35. The highest BCUT2D eigenvalue weighted by Crippen LogP contribution is 2.19. The van der Waals surface area contributed by atoms with Gasteiger partial charge in [-0.25, -0.2) is 4.39 Å². The maximum atomic E-state index is 13.2. The summed E-state index contributed by atoms with van der Waals surface area (Å²) in [4.78, 5) is 10.9. The van der Waals surface area contributed by atoms with Crippen LogP contribution in [0.3, 0.4) is 0 Å². The van der Waals surface area contributed by atoms with Crippen molar-refractivity contribution >= 4 is 21.7 Å². The first-order valence-electron chi connectivity index (χ1n) is 3.49. The van der Waals surface area contributed by atoms with Gasteiger partial charge in [-0.1, -0.05) is 15.9 Å². The molecule has 1 rings (SSSR count). The number of hydrogen-bond donors (Lipinski definition) is 0. The second-order valence-corrected chi connectivity index (χ2v) is 3.56. The highest BCUT2D eigenvalue weighted by molar-refractivity contribution is 9.10. The van der Waals surface area contributed by atoms with E-state index in [1.165, 1.54) is 13.0 Å². The Morgan fingerprint density at radius 3 is 2.58 bits per heavy atom. The minimum atomic E-state index is -0.425. The first kappa shape index (κ1) is 9.39. The molecule has 0 fully saturated rings. The molecule has 0 N–H and O–H groups in total. The van der Waals surface area contributed by atoms with Crippen LogP contribution in [0.4, 0.5) is 4.39 Å². The lowest BCUT2D eigenvalue weighted by molar-refractivity contribution is 0.101. The summed E-state index contributed by atoms with van der Waals surface area (Å²) in [7, 11) is 0. The van der Waals surface area contributed by atoms with Gasteiger partial charge in [0.25, 0.3) is 0 Å². The molecule has 0 aliphatic heterocycles. The Bertz CT molecular complexity index is 334. The van der Waals surface area contributed by atoms with Crippen molar-refractivity contribution in [2.24, 2.45) is 0 Å². The minimum Gasteiger partial charge on any atom is -0.294 e. The lowest BCUT2D eigenvalue weighted by atomic mass is 10.1. The van der Waals surface area contributed by atoms with Crippen molar-refractivity contribution in [3.05, 3.63) is 33.5 Å². The van der Waals surface area contributed by atoms with Gasteiger partial charge in [0.1, 0.15) is 5.82 Å². The van der Waals surface area contributed by atoms with Gasteiger partial charge in [0.15, 0.2) is 5.78 Å². The zero-order chi connectivity index (χ0) is 9.30. The predicted molar refractivity (Wildman–Crippen MR) is 48.8 cm³/mol. The van der Waals surface area contributed by atoms with Gasteiger partial charge in [0, 0.05) is 4.47 Å². The Morgan fingerprint density at radius 1 is 1.50 bits per heavy atom. The number of Topliss-reactive ketones (excluding diaryl/α,β-unsaturated/α-hetero) is 1. The molecule has 0 saturated carbocycles. The number of carbonyl (C=O) groups is 1. The molecule has 0 heterocycles. The molecule has 0 bridgehead atoms. The lowest BCUT2D eigenvalue weighted by Gasteiger charge is -2.02. The van der Waals surface area contributed by atoms with Crippen LogP contribution in [-0.2, 0) is 0 Å². The zero-order valence-electron chi connectivity index (χ0n) is 6.82. The van der Waals surface area contributed by atoms with E-state index in [-0.39, 0.29) is 11.3 Å². The van der Waals surface area contributed by atoms with E-state index in [9.17, 15) is 9.18 Å². The minimum absolute atomic E-state index is 0.141. The van der Waals surface area contributed by atoms with Crippen LogP contribution in [0.25, 0.3) is 0 Å². The third-order valence-electron chi connectivity index (χ3n) is 1.60. The van der Waals surface area contributed by atoms with Gasteiger partial charge in [0.2, 0.25) is 0 Å². The molecule has 0 amide bonds. The van der Waals surface area contributed by atoms with Gasteiger partial charge in [-0.2, -0.15) is 0 Å². The number of hydrogen-bond acceptors (Lipinski definition) is 1. The van der Waals surface area contributed by atoms with Gasteiger partial charge in [-0.15, -0.1) is 0 Å². The maximum Gasteiger partial charge on any atom is 0.162 e. The quantitative estimate of drug-likeness (QED) is 0.678. The van der Waals surface area contributed by atoms with E-state index in [2.05, 4.69) is 15.9 Å². The summed E-state index contributed by atoms with van der Waals surface area (Å²) in [5.41, 5.74) is 0.622. The molecule has 1 aromatic rings. The number of ketones is 1. The van der Waals surface area contributed by atoms with Gasteiger partial charge in [0.05, 0.1) is 5.56 Å². The van der Waals surface area contributed by atoms with Crippen molar-refractivity contribution in [2.75, 3.05) is 0 Å². The average Bonchev–Trinajstić information content (AvgIpc) is 1.96. The van der Waals surface area contributed by atoms with Crippen LogP contribution in [0.2, 0.25) is 0 Å². The third kappa shape index (κ3) is 1.72. The topological polar surface area (TPSA) is 17.1 Å². The molecular formula is C9H8BrFO. The van der Waals surface area contributed by atoms with Gasteiger partial charge in [-0.3, -0.25) is 4.79 Å². The molecule has 1 nitrogen and oxygen atoms in total. The summed E-state index contributed by atoms with van der Waals surface area (Å²) in [5, 5.41) is 0. The number of rotatable bonds is 1. The number of benzene rings is 1.